The second-order valence-electron chi connectivity index (χ2n) is 3.10. The highest BCUT2D eigenvalue weighted by Gasteiger charge is 2.46. The van der Waals surface area contributed by atoms with Crippen molar-refractivity contribution < 1.29 is 14.7 Å². The van der Waals surface area contributed by atoms with Crippen LogP contribution in [0.3, 0.4) is 0 Å². The van der Waals surface area contributed by atoms with E-state index in [9.17, 15) is 9.59 Å². The highest BCUT2D eigenvalue weighted by Crippen LogP contribution is 2.40. The molecule has 3 nitrogen and oxygen atoms in total. The largest absolute Gasteiger partial charge is 0.481 e. The summed E-state index contributed by atoms with van der Waals surface area (Å²) in [6.07, 6.45) is 4.07. The summed E-state index contributed by atoms with van der Waals surface area (Å²) in [6, 6.07) is 0. The molecule has 2 aliphatic carbocycles. The molecule has 0 aromatic heterocycles. The average molecular weight is 152 g/mol. The summed E-state index contributed by atoms with van der Waals surface area (Å²) in [4.78, 5) is 21.7. The molecular formula is C8H8O3. The summed E-state index contributed by atoms with van der Waals surface area (Å²) in [5.74, 6) is -1.61. The summed E-state index contributed by atoms with van der Waals surface area (Å²) in [5, 5.41) is 8.67. The van der Waals surface area contributed by atoms with Crippen molar-refractivity contribution in [2.45, 2.75) is 6.42 Å². The third-order valence-corrected chi connectivity index (χ3v) is 2.50. The zero-order chi connectivity index (χ0) is 8.01. The van der Waals surface area contributed by atoms with E-state index in [0.717, 1.165) is 0 Å². The monoisotopic (exact) mass is 152 g/mol. The minimum absolute atomic E-state index is 0.0948. The molecule has 0 unspecified atom stereocenters. The van der Waals surface area contributed by atoms with Gasteiger partial charge < -0.3 is 5.11 Å². The molecule has 0 radical (unpaired) electrons. The van der Waals surface area contributed by atoms with Crippen molar-refractivity contribution in [1.82, 2.24) is 0 Å². The molecule has 0 amide bonds. The Bertz CT molecular complexity index is 254. The SMILES string of the molecule is O=C1[C@@H]2C=C[C@H]1[C@H](C(=O)O)C2. The van der Waals surface area contributed by atoms with Gasteiger partial charge in [-0.3, -0.25) is 9.59 Å². The molecule has 2 bridgehead atoms. The van der Waals surface area contributed by atoms with Gasteiger partial charge in [-0.2, -0.15) is 0 Å². The summed E-state index contributed by atoms with van der Waals surface area (Å²) in [6.45, 7) is 0. The molecule has 0 spiro atoms. The minimum atomic E-state index is -0.838. The lowest BCUT2D eigenvalue weighted by Gasteiger charge is -2.09. The summed E-state index contributed by atoms with van der Waals surface area (Å²) >= 11 is 0. The molecule has 3 heteroatoms. The van der Waals surface area contributed by atoms with Crippen LogP contribution < -0.4 is 0 Å². The van der Waals surface area contributed by atoms with E-state index < -0.39 is 11.9 Å². The molecule has 1 N–H and O–H groups in total. The smallest absolute Gasteiger partial charge is 0.307 e. The number of carbonyl (C=O) groups excluding carboxylic acids is 1. The van der Waals surface area contributed by atoms with Crippen LogP contribution in [0, 0.1) is 17.8 Å². The minimum Gasteiger partial charge on any atom is -0.481 e. The Morgan fingerprint density at radius 3 is 2.55 bits per heavy atom. The fourth-order valence-corrected chi connectivity index (χ4v) is 1.89. The van der Waals surface area contributed by atoms with E-state index in [1.807, 2.05) is 6.08 Å². The lowest BCUT2D eigenvalue weighted by Crippen LogP contribution is -2.19. The van der Waals surface area contributed by atoms with E-state index in [1.54, 1.807) is 6.08 Å². The van der Waals surface area contributed by atoms with Crippen molar-refractivity contribution in [1.29, 1.82) is 0 Å². The number of rotatable bonds is 1. The number of allylic oxidation sites excluding steroid dienone is 2. The van der Waals surface area contributed by atoms with E-state index in [0.29, 0.717) is 6.42 Å². The van der Waals surface area contributed by atoms with Gasteiger partial charge in [0.2, 0.25) is 0 Å². The van der Waals surface area contributed by atoms with Crippen LogP contribution in [-0.4, -0.2) is 16.9 Å². The van der Waals surface area contributed by atoms with Gasteiger partial charge in [-0.05, 0) is 6.42 Å². The Kier molecular flexibility index (Phi) is 1.16. The molecule has 1 fully saturated rings. The van der Waals surface area contributed by atoms with Crippen molar-refractivity contribution in [2.24, 2.45) is 17.8 Å². The van der Waals surface area contributed by atoms with E-state index >= 15 is 0 Å². The van der Waals surface area contributed by atoms with Gasteiger partial charge >= 0.3 is 5.97 Å². The fraction of sp³-hybridized carbons (Fsp3) is 0.500. The number of Topliss-reactive ketones (excluding diaryl/α,β-unsaturated/α-hetero) is 1. The van der Waals surface area contributed by atoms with E-state index in [2.05, 4.69) is 0 Å². The molecule has 3 atom stereocenters. The van der Waals surface area contributed by atoms with Crippen LogP contribution in [0.5, 0.6) is 0 Å². The van der Waals surface area contributed by atoms with E-state index in [4.69, 9.17) is 5.11 Å². The zero-order valence-corrected chi connectivity index (χ0v) is 5.86. The number of hydrogen-bond donors (Lipinski definition) is 1. The van der Waals surface area contributed by atoms with Crippen LogP contribution in [0.2, 0.25) is 0 Å². The van der Waals surface area contributed by atoms with Gasteiger partial charge in [0.1, 0.15) is 5.78 Å². The molecular weight excluding hydrogens is 144 g/mol. The van der Waals surface area contributed by atoms with Crippen molar-refractivity contribution in [3.05, 3.63) is 12.2 Å². The van der Waals surface area contributed by atoms with Crippen LogP contribution in [-0.2, 0) is 9.59 Å². The number of hydrogen-bond acceptors (Lipinski definition) is 2. The molecule has 0 heterocycles. The molecule has 0 aromatic rings. The number of carbonyl (C=O) groups is 2. The standard InChI is InChI=1S/C8H8O3/c9-7-4-1-2-5(7)6(3-4)8(10)11/h1-2,4-6H,3H2,(H,10,11)/t4-,5+,6-/m1/s1. The Hall–Kier alpha value is -1.12. The molecule has 0 aliphatic heterocycles. The normalized spacial score (nSPS) is 40.0. The van der Waals surface area contributed by atoms with Crippen molar-refractivity contribution in [3.8, 4) is 0 Å². The maximum absolute atomic E-state index is 11.2. The number of carboxylic acid groups (broad SMARTS) is 1. The topological polar surface area (TPSA) is 54.4 Å². The quantitative estimate of drug-likeness (QED) is 0.555. The first kappa shape index (κ1) is 6.58. The van der Waals surface area contributed by atoms with Gasteiger partial charge in [-0.25, -0.2) is 0 Å². The molecule has 0 aromatic carbocycles. The maximum atomic E-state index is 11.2. The molecule has 1 saturated carbocycles. The highest BCUT2D eigenvalue weighted by molar-refractivity contribution is 5.96. The van der Waals surface area contributed by atoms with Crippen LogP contribution in [0.25, 0.3) is 0 Å². The van der Waals surface area contributed by atoms with Gasteiger partial charge in [0.15, 0.2) is 0 Å². The van der Waals surface area contributed by atoms with Crippen LogP contribution in [0.4, 0.5) is 0 Å². The predicted octanol–water partition coefficient (Wildman–Crippen LogP) is 0.462. The van der Waals surface area contributed by atoms with Crippen molar-refractivity contribution in [3.63, 3.8) is 0 Å². The summed E-state index contributed by atoms with van der Waals surface area (Å²) in [5.41, 5.74) is 0. The van der Waals surface area contributed by atoms with Crippen molar-refractivity contribution >= 4 is 11.8 Å². The van der Waals surface area contributed by atoms with Crippen LogP contribution in [0.1, 0.15) is 6.42 Å². The second-order valence-corrected chi connectivity index (χ2v) is 3.10. The average Bonchev–Trinajstić information content (AvgIpc) is 2.46. The molecule has 2 rings (SSSR count). The van der Waals surface area contributed by atoms with Crippen LogP contribution >= 0.6 is 0 Å². The predicted molar refractivity (Wildman–Crippen MR) is 36.9 cm³/mol. The Balaban J connectivity index is 2.28. The maximum Gasteiger partial charge on any atom is 0.307 e. The second kappa shape index (κ2) is 1.94. The van der Waals surface area contributed by atoms with Gasteiger partial charge in [-0.15, -0.1) is 0 Å². The van der Waals surface area contributed by atoms with Gasteiger partial charge in [-0.1, -0.05) is 12.2 Å². The third-order valence-electron chi connectivity index (χ3n) is 2.50. The Labute approximate surface area is 63.7 Å². The Morgan fingerprint density at radius 2 is 2.27 bits per heavy atom. The number of ketones is 1. The highest BCUT2D eigenvalue weighted by atomic mass is 16.4. The first-order chi connectivity index (χ1) is 5.20. The first-order valence-corrected chi connectivity index (χ1v) is 3.65. The number of fused-ring (bicyclic) bond motifs is 2. The first-order valence-electron chi connectivity index (χ1n) is 3.65. The number of aliphatic carboxylic acids is 1. The zero-order valence-electron chi connectivity index (χ0n) is 5.86. The lowest BCUT2D eigenvalue weighted by atomic mass is 9.94. The van der Waals surface area contributed by atoms with Gasteiger partial charge in [0.05, 0.1) is 5.92 Å². The molecule has 0 saturated heterocycles. The van der Waals surface area contributed by atoms with E-state index in [-0.39, 0.29) is 17.6 Å². The van der Waals surface area contributed by atoms with Crippen molar-refractivity contribution in [2.75, 3.05) is 0 Å². The summed E-state index contributed by atoms with van der Waals surface area (Å²) in [7, 11) is 0. The molecule has 2 aliphatic rings. The van der Waals surface area contributed by atoms with Gasteiger partial charge in [0, 0.05) is 11.8 Å². The third kappa shape index (κ3) is 0.737. The van der Waals surface area contributed by atoms with Crippen LogP contribution in [0.15, 0.2) is 12.2 Å². The number of carboxylic acids is 1. The molecule has 11 heavy (non-hydrogen) atoms. The van der Waals surface area contributed by atoms with Gasteiger partial charge in [0.25, 0.3) is 0 Å². The fourth-order valence-electron chi connectivity index (χ4n) is 1.89. The molecule has 58 valence electrons. The van der Waals surface area contributed by atoms with E-state index in [1.165, 1.54) is 0 Å². The Morgan fingerprint density at radius 1 is 1.55 bits per heavy atom. The lowest BCUT2D eigenvalue weighted by molar-refractivity contribution is -0.143. The summed E-state index contributed by atoms with van der Waals surface area (Å²) < 4.78 is 0.